The number of amides is 1. The number of H-pyrrole nitrogens is 1. The molecule has 0 fully saturated rings. The van der Waals surface area contributed by atoms with Crippen LogP contribution < -0.4 is 4.90 Å². The molecule has 0 aromatic carbocycles. The van der Waals surface area contributed by atoms with Crippen LogP contribution in [0.2, 0.25) is 0 Å². The van der Waals surface area contributed by atoms with Crippen LogP contribution in [-0.4, -0.2) is 24.7 Å². The van der Waals surface area contributed by atoms with Crippen LogP contribution in [0.3, 0.4) is 0 Å². The lowest BCUT2D eigenvalue weighted by Gasteiger charge is -2.15. The third-order valence-corrected chi connectivity index (χ3v) is 2.47. The molecule has 5 heteroatoms. The van der Waals surface area contributed by atoms with Gasteiger partial charge in [0.25, 0.3) is 0 Å². The number of hydrogen-bond acceptors (Lipinski definition) is 3. The third-order valence-electron chi connectivity index (χ3n) is 2.47. The van der Waals surface area contributed by atoms with Crippen LogP contribution >= 0.6 is 0 Å². The monoisotopic (exact) mass is 221 g/mol. The average molecular weight is 221 g/mol. The largest absolute Gasteiger partial charge is 0.449 e. The van der Waals surface area contributed by atoms with Gasteiger partial charge in [-0.3, -0.25) is 4.90 Å². The van der Waals surface area contributed by atoms with Crippen molar-refractivity contribution in [3.05, 3.63) is 16.8 Å². The Kier molecular flexibility index (Phi) is 3.56. The van der Waals surface area contributed by atoms with Crippen molar-refractivity contribution in [1.82, 2.24) is 4.98 Å². The molecular formula is C11H15N3O2. The Bertz CT molecular complexity index is 443. The molecule has 0 unspecified atom stereocenters. The maximum atomic E-state index is 11.5. The minimum atomic E-state index is -0.472. The Morgan fingerprint density at radius 3 is 2.69 bits per heavy atom. The second kappa shape index (κ2) is 4.71. The molecule has 5 nitrogen and oxygen atoms in total. The van der Waals surface area contributed by atoms with Gasteiger partial charge in [0.05, 0.1) is 12.2 Å². The van der Waals surface area contributed by atoms with E-state index in [2.05, 4.69) is 11.1 Å². The molecule has 86 valence electrons. The summed E-state index contributed by atoms with van der Waals surface area (Å²) >= 11 is 0. The van der Waals surface area contributed by atoms with E-state index in [1.807, 2.05) is 13.8 Å². The Balaban J connectivity index is 3.09. The van der Waals surface area contributed by atoms with Gasteiger partial charge in [0.2, 0.25) is 0 Å². The van der Waals surface area contributed by atoms with Crippen LogP contribution in [0.4, 0.5) is 10.6 Å². The van der Waals surface area contributed by atoms with Gasteiger partial charge in [-0.2, -0.15) is 5.26 Å². The molecule has 0 bridgehead atoms. The smallest absolute Gasteiger partial charge is 0.415 e. The summed E-state index contributed by atoms with van der Waals surface area (Å²) in [6, 6.07) is 2.08. The van der Waals surface area contributed by atoms with E-state index in [4.69, 9.17) is 10.00 Å². The summed E-state index contributed by atoms with van der Waals surface area (Å²) in [5.74, 6) is 0.482. The fourth-order valence-electron chi connectivity index (χ4n) is 1.40. The highest BCUT2D eigenvalue weighted by atomic mass is 16.6. The summed E-state index contributed by atoms with van der Waals surface area (Å²) in [7, 11) is 1.57. The molecule has 0 aliphatic rings. The van der Waals surface area contributed by atoms with E-state index in [9.17, 15) is 4.79 Å². The van der Waals surface area contributed by atoms with Crippen LogP contribution in [0.5, 0.6) is 0 Å². The molecule has 1 aromatic heterocycles. The first-order valence-corrected chi connectivity index (χ1v) is 5.02. The van der Waals surface area contributed by atoms with Crippen LogP contribution in [0.25, 0.3) is 0 Å². The molecule has 0 saturated carbocycles. The van der Waals surface area contributed by atoms with Gasteiger partial charge in [-0.15, -0.1) is 0 Å². The maximum absolute atomic E-state index is 11.5. The van der Waals surface area contributed by atoms with Gasteiger partial charge in [0, 0.05) is 12.7 Å². The van der Waals surface area contributed by atoms with Crippen molar-refractivity contribution < 1.29 is 9.53 Å². The van der Waals surface area contributed by atoms with Crippen LogP contribution in [0.15, 0.2) is 0 Å². The van der Waals surface area contributed by atoms with Crippen molar-refractivity contribution in [2.45, 2.75) is 20.8 Å². The second-order valence-corrected chi connectivity index (χ2v) is 3.47. The van der Waals surface area contributed by atoms with E-state index in [1.54, 1.807) is 14.0 Å². The van der Waals surface area contributed by atoms with Crippen molar-refractivity contribution in [3.63, 3.8) is 0 Å². The van der Waals surface area contributed by atoms with E-state index in [-0.39, 0.29) is 0 Å². The van der Waals surface area contributed by atoms with Gasteiger partial charge in [-0.1, -0.05) is 0 Å². The standard InChI is InChI=1S/C11H15N3O2/c1-5-16-11(15)14(4)10-9(6-12)7(2)8(3)13-10/h13H,5H2,1-4H3. The Hall–Kier alpha value is -1.96. The normalized spacial score (nSPS) is 9.69. The number of carbonyl (C=O) groups is 1. The summed E-state index contributed by atoms with van der Waals surface area (Å²) < 4.78 is 4.86. The molecule has 1 rings (SSSR count). The molecule has 1 aromatic rings. The fraction of sp³-hybridized carbons (Fsp3) is 0.455. The molecule has 1 amide bonds. The number of nitrogens with zero attached hydrogens (tertiary/aromatic N) is 2. The topological polar surface area (TPSA) is 69.1 Å². The molecule has 0 saturated heterocycles. The lowest BCUT2D eigenvalue weighted by atomic mass is 10.2. The number of rotatable bonds is 2. The average Bonchev–Trinajstić information content (AvgIpc) is 2.54. The van der Waals surface area contributed by atoms with E-state index < -0.39 is 6.09 Å². The van der Waals surface area contributed by atoms with Gasteiger partial charge in [-0.05, 0) is 26.3 Å². The van der Waals surface area contributed by atoms with E-state index in [0.717, 1.165) is 11.3 Å². The Labute approximate surface area is 94.6 Å². The zero-order valence-corrected chi connectivity index (χ0v) is 9.92. The highest BCUT2D eigenvalue weighted by Crippen LogP contribution is 2.24. The molecule has 1 N–H and O–H groups in total. The van der Waals surface area contributed by atoms with Crippen molar-refractivity contribution in [1.29, 1.82) is 5.26 Å². The number of nitrogens with one attached hydrogen (secondary N) is 1. The first-order valence-electron chi connectivity index (χ1n) is 5.02. The Morgan fingerprint density at radius 2 is 2.19 bits per heavy atom. The highest BCUT2D eigenvalue weighted by molar-refractivity contribution is 5.88. The molecule has 0 aliphatic carbocycles. The van der Waals surface area contributed by atoms with Crippen LogP contribution in [-0.2, 0) is 4.74 Å². The van der Waals surface area contributed by atoms with Gasteiger partial charge < -0.3 is 9.72 Å². The lowest BCUT2D eigenvalue weighted by Crippen LogP contribution is -2.28. The van der Waals surface area contributed by atoms with Crippen molar-refractivity contribution in [2.24, 2.45) is 0 Å². The number of aryl methyl sites for hydroxylation is 1. The number of hydrogen-bond donors (Lipinski definition) is 1. The maximum Gasteiger partial charge on any atom is 0.415 e. The number of anilines is 1. The van der Waals surface area contributed by atoms with E-state index in [0.29, 0.717) is 18.0 Å². The van der Waals surface area contributed by atoms with E-state index >= 15 is 0 Å². The van der Waals surface area contributed by atoms with Crippen LogP contribution in [0.1, 0.15) is 23.7 Å². The van der Waals surface area contributed by atoms with Gasteiger partial charge in [-0.25, -0.2) is 4.79 Å². The fourth-order valence-corrected chi connectivity index (χ4v) is 1.40. The first-order chi connectivity index (χ1) is 7.52. The lowest BCUT2D eigenvalue weighted by molar-refractivity contribution is 0.161. The first kappa shape index (κ1) is 12.1. The van der Waals surface area contributed by atoms with Crippen molar-refractivity contribution >= 4 is 11.9 Å². The molecular weight excluding hydrogens is 206 g/mol. The second-order valence-electron chi connectivity index (χ2n) is 3.47. The summed E-state index contributed by atoms with van der Waals surface area (Å²) in [5, 5.41) is 9.02. The number of aromatic amines is 1. The molecule has 1 heterocycles. The zero-order chi connectivity index (χ0) is 12.3. The zero-order valence-electron chi connectivity index (χ0n) is 9.92. The summed E-state index contributed by atoms with van der Waals surface area (Å²) in [6.07, 6.45) is -0.472. The number of ether oxygens (including phenoxy) is 1. The third kappa shape index (κ3) is 2.01. The van der Waals surface area contributed by atoms with Gasteiger partial charge in [0.15, 0.2) is 0 Å². The summed E-state index contributed by atoms with van der Waals surface area (Å²) in [4.78, 5) is 15.8. The van der Waals surface area contributed by atoms with Crippen molar-refractivity contribution in [2.75, 3.05) is 18.6 Å². The molecule has 0 radical (unpaired) electrons. The number of aromatic nitrogens is 1. The Morgan fingerprint density at radius 1 is 1.56 bits per heavy atom. The molecule has 0 atom stereocenters. The minimum Gasteiger partial charge on any atom is -0.449 e. The highest BCUT2D eigenvalue weighted by Gasteiger charge is 2.20. The van der Waals surface area contributed by atoms with Gasteiger partial charge >= 0.3 is 6.09 Å². The minimum absolute atomic E-state index is 0.309. The van der Waals surface area contributed by atoms with Crippen LogP contribution in [0, 0.1) is 25.2 Å². The quantitative estimate of drug-likeness (QED) is 0.831. The number of nitriles is 1. The molecule has 0 spiro atoms. The SMILES string of the molecule is CCOC(=O)N(C)c1[nH]c(C)c(C)c1C#N. The van der Waals surface area contributed by atoms with Crippen molar-refractivity contribution in [3.8, 4) is 6.07 Å². The predicted molar refractivity (Wildman–Crippen MR) is 60.4 cm³/mol. The summed E-state index contributed by atoms with van der Waals surface area (Å²) in [5.41, 5.74) is 2.21. The summed E-state index contributed by atoms with van der Waals surface area (Å²) in [6.45, 7) is 5.75. The van der Waals surface area contributed by atoms with E-state index in [1.165, 1.54) is 4.90 Å². The molecule has 0 aliphatic heterocycles. The number of carbonyl (C=O) groups excluding carboxylic acids is 1. The molecule has 16 heavy (non-hydrogen) atoms. The van der Waals surface area contributed by atoms with Gasteiger partial charge in [0.1, 0.15) is 11.9 Å². The predicted octanol–water partition coefficient (Wildman–Crippen LogP) is 2.10.